The monoisotopic (exact) mass is 334 g/mol. The van der Waals surface area contributed by atoms with Crippen molar-refractivity contribution in [2.75, 3.05) is 0 Å². The second-order valence-electron chi connectivity index (χ2n) is 6.73. The van der Waals surface area contributed by atoms with Crippen LogP contribution in [0.5, 0.6) is 0 Å². The summed E-state index contributed by atoms with van der Waals surface area (Å²) in [6.07, 6.45) is 8.70. The van der Waals surface area contributed by atoms with Gasteiger partial charge in [-0.05, 0) is 30.9 Å². The van der Waals surface area contributed by atoms with Gasteiger partial charge in [-0.1, -0.05) is 0 Å². The third-order valence-electron chi connectivity index (χ3n) is 4.88. The fraction of sp³-hybridized carbons (Fsp3) is 0.353. The molecule has 4 aromatic rings. The Morgan fingerprint density at radius 2 is 1.88 bits per heavy atom. The first kappa shape index (κ1) is 14.3. The van der Waals surface area contributed by atoms with E-state index in [1.54, 1.807) is 16.9 Å². The molecule has 1 aliphatic rings. The van der Waals surface area contributed by atoms with Crippen LogP contribution in [0.1, 0.15) is 35.2 Å². The molecule has 0 aliphatic heterocycles. The number of imidazole rings is 1. The molecule has 0 amide bonds. The maximum absolute atomic E-state index is 4.72. The lowest BCUT2D eigenvalue weighted by Crippen LogP contribution is -2.02. The molecule has 1 saturated carbocycles. The van der Waals surface area contributed by atoms with Crippen molar-refractivity contribution in [1.29, 1.82) is 0 Å². The third-order valence-corrected chi connectivity index (χ3v) is 4.88. The average molecular weight is 334 g/mol. The van der Waals surface area contributed by atoms with Crippen LogP contribution in [0.15, 0.2) is 30.9 Å². The molecule has 4 aromatic heterocycles. The van der Waals surface area contributed by atoms with Crippen LogP contribution in [0, 0.1) is 6.92 Å². The van der Waals surface area contributed by atoms with Gasteiger partial charge >= 0.3 is 0 Å². The standard InChI is InChI=1S/C17H18N8/c1-10-6-18-17-19-8-15(22-25(10)17)16-5-14(21-24(16)3)13-4-12(13)11-7-20-23(2)9-11/h5-9,12-13H,4H2,1-3H3/t12-,13+/m0/s1. The van der Waals surface area contributed by atoms with Gasteiger partial charge in [0.2, 0.25) is 0 Å². The van der Waals surface area contributed by atoms with Gasteiger partial charge in [0.15, 0.2) is 0 Å². The molecule has 8 nitrogen and oxygen atoms in total. The van der Waals surface area contributed by atoms with Crippen molar-refractivity contribution < 1.29 is 0 Å². The molecule has 0 saturated heterocycles. The number of rotatable bonds is 3. The fourth-order valence-corrected chi connectivity index (χ4v) is 3.43. The molecule has 0 unspecified atom stereocenters. The Labute approximate surface area is 144 Å². The number of hydrogen-bond donors (Lipinski definition) is 0. The Balaban J connectivity index is 1.48. The SMILES string of the molecule is Cc1cnc2ncc(-c3cc([C@@H]4C[C@H]4c4cnn(C)c4)nn3C)nn12. The Bertz CT molecular complexity index is 1090. The Hall–Kier alpha value is -3.03. The van der Waals surface area contributed by atoms with Crippen LogP contribution in [0.4, 0.5) is 0 Å². The number of aryl methyl sites for hydroxylation is 3. The van der Waals surface area contributed by atoms with Gasteiger partial charge in [-0.15, -0.1) is 0 Å². The first-order chi connectivity index (χ1) is 12.1. The van der Waals surface area contributed by atoms with E-state index in [4.69, 9.17) is 5.10 Å². The summed E-state index contributed by atoms with van der Waals surface area (Å²) in [7, 11) is 3.90. The van der Waals surface area contributed by atoms with Gasteiger partial charge in [-0.2, -0.15) is 15.3 Å². The number of nitrogens with zero attached hydrogens (tertiary/aromatic N) is 8. The van der Waals surface area contributed by atoms with E-state index in [0.717, 1.165) is 29.2 Å². The zero-order valence-corrected chi connectivity index (χ0v) is 14.3. The third kappa shape index (κ3) is 2.25. The lowest BCUT2D eigenvalue weighted by atomic mass is 10.1. The maximum atomic E-state index is 4.72. The lowest BCUT2D eigenvalue weighted by molar-refractivity contribution is 0.740. The number of aromatic nitrogens is 8. The largest absolute Gasteiger partial charge is 0.276 e. The molecule has 0 aromatic carbocycles. The van der Waals surface area contributed by atoms with Gasteiger partial charge < -0.3 is 0 Å². The minimum absolute atomic E-state index is 0.454. The summed E-state index contributed by atoms with van der Waals surface area (Å²) in [5.41, 5.74) is 5.12. The minimum atomic E-state index is 0.454. The molecule has 126 valence electrons. The predicted molar refractivity (Wildman–Crippen MR) is 91.0 cm³/mol. The summed E-state index contributed by atoms with van der Waals surface area (Å²) in [4.78, 5) is 8.62. The maximum Gasteiger partial charge on any atom is 0.250 e. The van der Waals surface area contributed by atoms with Crippen molar-refractivity contribution >= 4 is 5.78 Å². The first-order valence-corrected chi connectivity index (χ1v) is 8.30. The lowest BCUT2D eigenvalue weighted by Gasteiger charge is -2.01. The van der Waals surface area contributed by atoms with Crippen LogP contribution in [0.25, 0.3) is 17.2 Å². The van der Waals surface area contributed by atoms with Crippen LogP contribution in [0.3, 0.4) is 0 Å². The second kappa shape index (κ2) is 4.98. The van der Waals surface area contributed by atoms with Crippen LogP contribution < -0.4 is 0 Å². The number of fused-ring (bicyclic) bond motifs is 1. The predicted octanol–water partition coefficient (Wildman–Crippen LogP) is 1.84. The molecule has 0 radical (unpaired) electrons. The molecule has 2 atom stereocenters. The van der Waals surface area contributed by atoms with Crippen molar-refractivity contribution in [3.05, 3.63) is 47.8 Å². The molecule has 0 N–H and O–H groups in total. The van der Waals surface area contributed by atoms with E-state index in [1.165, 1.54) is 5.56 Å². The molecular formula is C17H18N8. The molecule has 25 heavy (non-hydrogen) atoms. The van der Waals surface area contributed by atoms with Gasteiger partial charge in [-0.25, -0.2) is 14.5 Å². The van der Waals surface area contributed by atoms with E-state index < -0.39 is 0 Å². The summed E-state index contributed by atoms with van der Waals surface area (Å²) in [5.74, 6) is 1.58. The van der Waals surface area contributed by atoms with Gasteiger partial charge in [0.25, 0.3) is 5.78 Å². The molecule has 0 spiro atoms. The molecule has 5 rings (SSSR count). The molecule has 8 heteroatoms. The quantitative estimate of drug-likeness (QED) is 0.571. The average Bonchev–Trinajstić information content (AvgIpc) is 2.91. The topological polar surface area (TPSA) is 78.7 Å². The molecular weight excluding hydrogens is 316 g/mol. The van der Waals surface area contributed by atoms with Crippen molar-refractivity contribution in [2.45, 2.75) is 25.2 Å². The summed E-state index contributed by atoms with van der Waals surface area (Å²) in [5, 5.41) is 13.6. The highest BCUT2D eigenvalue weighted by Gasteiger charge is 2.42. The fourth-order valence-electron chi connectivity index (χ4n) is 3.43. The van der Waals surface area contributed by atoms with E-state index in [9.17, 15) is 0 Å². The highest BCUT2D eigenvalue weighted by Crippen LogP contribution is 2.54. The van der Waals surface area contributed by atoms with Crippen LogP contribution in [-0.2, 0) is 14.1 Å². The second-order valence-corrected chi connectivity index (χ2v) is 6.73. The van der Waals surface area contributed by atoms with Crippen molar-refractivity contribution in [1.82, 2.24) is 39.1 Å². The summed E-state index contributed by atoms with van der Waals surface area (Å²) in [6, 6.07) is 2.13. The van der Waals surface area contributed by atoms with Crippen LogP contribution >= 0.6 is 0 Å². The highest BCUT2D eigenvalue weighted by atomic mass is 15.3. The summed E-state index contributed by atoms with van der Waals surface area (Å²) < 4.78 is 5.50. The summed E-state index contributed by atoms with van der Waals surface area (Å²) >= 11 is 0. The molecule has 4 heterocycles. The van der Waals surface area contributed by atoms with E-state index >= 15 is 0 Å². The van der Waals surface area contributed by atoms with Gasteiger partial charge in [0.05, 0.1) is 35.7 Å². The highest BCUT2D eigenvalue weighted by molar-refractivity contribution is 5.55. The first-order valence-electron chi connectivity index (χ1n) is 8.30. The normalized spacial score (nSPS) is 19.6. The molecule has 1 aliphatic carbocycles. The zero-order valence-electron chi connectivity index (χ0n) is 14.3. The van der Waals surface area contributed by atoms with Gasteiger partial charge in [0.1, 0.15) is 5.69 Å². The molecule has 0 bridgehead atoms. The molecule has 1 fully saturated rings. The Kier molecular flexibility index (Phi) is 2.85. The van der Waals surface area contributed by atoms with Gasteiger partial charge in [-0.3, -0.25) is 9.36 Å². The smallest absolute Gasteiger partial charge is 0.250 e. The Morgan fingerprint density at radius 3 is 2.68 bits per heavy atom. The zero-order chi connectivity index (χ0) is 17.1. The van der Waals surface area contributed by atoms with E-state index in [2.05, 4.69) is 32.4 Å². The van der Waals surface area contributed by atoms with E-state index in [0.29, 0.717) is 17.6 Å². The van der Waals surface area contributed by atoms with Crippen LogP contribution in [0.2, 0.25) is 0 Å². The van der Waals surface area contributed by atoms with Crippen molar-refractivity contribution in [2.24, 2.45) is 14.1 Å². The van der Waals surface area contributed by atoms with Crippen molar-refractivity contribution in [3.8, 4) is 11.4 Å². The Morgan fingerprint density at radius 1 is 1.04 bits per heavy atom. The minimum Gasteiger partial charge on any atom is -0.276 e. The van der Waals surface area contributed by atoms with Crippen molar-refractivity contribution in [3.63, 3.8) is 0 Å². The van der Waals surface area contributed by atoms with Crippen LogP contribution in [-0.4, -0.2) is 39.1 Å². The summed E-state index contributed by atoms with van der Waals surface area (Å²) in [6.45, 7) is 1.97. The van der Waals surface area contributed by atoms with Gasteiger partial charge in [0, 0.05) is 26.2 Å². The number of hydrogen-bond acceptors (Lipinski definition) is 5. The van der Waals surface area contributed by atoms with E-state index in [1.807, 2.05) is 36.6 Å². The van der Waals surface area contributed by atoms with E-state index in [-0.39, 0.29) is 0 Å².